The monoisotopic (exact) mass is 225 g/mol. The second-order valence-corrected chi connectivity index (χ2v) is 3.67. The smallest absolute Gasteiger partial charge is 0.171 e. The minimum Gasteiger partial charge on any atom is -0.392 e. The summed E-state index contributed by atoms with van der Waals surface area (Å²) in [4.78, 5) is 2.05. The summed E-state index contributed by atoms with van der Waals surface area (Å²) in [7, 11) is 0. The fourth-order valence-corrected chi connectivity index (χ4v) is 1.36. The van der Waals surface area contributed by atoms with Crippen LogP contribution in [0.15, 0.2) is 30.3 Å². The van der Waals surface area contributed by atoms with Crippen molar-refractivity contribution in [2.24, 2.45) is 11.5 Å². The molecule has 0 atom stereocenters. The molecule has 0 saturated heterocycles. The Balaban J connectivity index is 2.89. The minimum absolute atomic E-state index is 0.268. The molecule has 1 aromatic rings. The van der Waals surface area contributed by atoms with Crippen LogP contribution in [0.1, 0.15) is 0 Å². The Labute approximate surface area is 93.7 Å². The van der Waals surface area contributed by atoms with Gasteiger partial charge in [-0.1, -0.05) is 30.4 Å². The molecule has 0 heterocycles. The van der Waals surface area contributed by atoms with Gasteiger partial charge < -0.3 is 16.4 Å². The molecular formula is C9H11N3S2. The van der Waals surface area contributed by atoms with E-state index in [4.69, 9.17) is 35.9 Å². The van der Waals surface area contributed by atoms with Gasteiger partial charge in [0.05, 0.1) is 11.5 Å². The van der Waals surface area contributed by atoms with Crippen LogP contribution in [0.5, 0.6) is 0 Å². The van der Waals surface area contributed by atoms with Crippen LogP contribution in [0.4, 0.5) is 5.69 Å². The molecule has 0 aliphatic rings. The highest BCUT2D eigenvalue weighted by atomic mass is 32.1. The number of nitrogens with zero attached hydrogens (tertiary/aromatic N) is 1. The zero-order chi connectivity index (χ0) is 10.6. The Bertz CT molecular complexity index is 337. The van der Waals surface area contributed by atoms with E-state index >= 15 is 0 Å². The molecule has 0 aromatic heterocycles. The summed E-state index contributed by atoms with van der Waals surface area (Å²) < 4.78 is 0. The van der Waals surface area contributed by atoms with E-state index in [1.807, 2.05) is 30.3 Å². The molecule has 0 radical (unpaired) electrons. The number of anilines is 1. The standard InChI is InChI=1S/C9H11N3S2/c10-8(13)6-12(9(11)14)7-4-2-1-3-5-7/h1-5H,6H2,(H2,10,13)(H2,11,14). The second kappa shape index (κ2) is 4.88. The van der Waals surface area contributed by atoms with Gasteiger partial charge in [0.25, 0.3) is 0 Å². The number of rotatable bonds is 3. The van der Waals surface area contributed by atoms with Crippen molar-refractivity contribution in [3.8, 4) is 0 Å². The first-order chi connectivity index (χ1) is 6.61. The molecule has 4 N–H and O–H groups in total. The molecule has 0 aliphatic carbocycles. The molecule has 5 heteroatoms. The van der Waals surface area contributed by atoms with Crippen LogP contribution in [-0.2, 0) is 0 Å². The van der Waals surface area contributed by atoms with Gasteiger partial charge in [-0.05, 0) is 24.4 Å². The van der Waals surface area contributed by atoms with Crippen LogP contribution < -0.4 is 16.4 Å². The molecule has 14 heavy (non-hydrogen) atoms. The van der Waals surface area contributed by atoms with Crippen LogP contribution >= 0.6 is 24.4 Å². The third-order valence-corrected chi connectivity index (χ3v) is 2.00. The third kappa shape index (κ3) is 2.93. The fraction of sp³-hybridized carbons (Fsp3) is 0.111. The summed E-state index contributed by atoms with van der Waals surface area (Å²) in [6.45, 7) is 0.370. The lowest BCUT2D eigenvalue weighted by Gasteiger charge is -2.21. The first-order valence-corrected chi connectivity index (χ1v) is 4.83. The Kier molecular flexibility index (Phi) is 3.79. The van der Waals surface area contributed by atoms with E-state index in [2.05, 4.69) is 0 Å². The number of benzene rings is 1. The lowest BCUT2D eigenvalue weighted by atomic mass is 10.3. The zero-order valence-electron chi connectivity index (χ0n) is 7.51. The zero-order valence-corrected chi connectivity index (χ0v) is 9.15. The van der Waals surface area contributed by atoms with Gasteiger partial charge >= 0.3 is 0 Å². The molecule has 0 unspecified atom stereocenters. The van der Waals surface area contributed by atoms with E-state index in [0.29, 0.717) is 11.5 Å². The average molecular weight is 225 g/mol. The quantitative estimate of drug-likeness (QED) is 0.752. The van der Waals surface area contributed by atoms with Gasteiger partial charge in [-0.25, -0.2) is 0 Å². The predicted octanol–water partition coefficient (Wildman–Crippen LogP) is 1.02. The number of para-hydroxylation sites is 1. The van der Waals surface area contributed by atoms with Gasteiger partial charge in [-0.3, -0.25) is 0 Å². The number of thiocarbonyl (C=S) groups is 2. The van der Waals surface area contributed by atoms with Crippen LogP contribution in [0, 0.1) is 0 Å². The summed E-state index contributed by atoms with van der Waals surface area (Å²) in [5.74, 6) is 0. The topological polar surface area (TPSA) is 55.3 Å². The second-order valence-electron chi connectivity index (χ2n) is 2.73. The lowest BCUT2D eigenvalue weighted by Crippen LogP contribution is -2.40. The normalized spacial score (nSPS) is 9.43. The van der Waals surface area contributed by atoms with Crippen LogP contribution in [0.2, 0.25) is 0 Å². The van der Waals surface area contributed by atoms with Gasteiger partial charge in [0, 0.05) is 5.69 Å². The molecule has 0 spiro atoms. The number of hydrogen-bond acceptors (Lipinski definition) is 2. The Morgan fingerprint density at radius 2 is 1.71 bits per heavy atom. The van der Waals surface area contributed by atoms with Crippen molar-refractivity contribution >= 4 is 40.2 Å². The summed E-state index contributed by atoms with van der Waals surface area (Å²) in [6, 6.07) is 9.53. The van der Waals surface area contributed by atoms with Gasteiger partial charge in [0.2, 0.25) is 0 Å². The molecule has 74 valence electrons. The highest BCUT2D eigenvalue weighted by Crippen LogP contribution is 2.12. The SMILES string of the molecule is NC(=S)CN(C(N)=S)c1ccccc1. The van der Waals surface area contributed by atoms with Gasteiger partial charge in [0.1, 0.15) is 0 Å². The van der Waals surface area contributed by atoms with E-state index in [-0.39, 0.29) is 5.11 Å². The van der Waals surface area contributed by atoms with E-state index in [1.165, 1.54) is 0 Å². The molecule has 0 bridgehead atoms. The fourth-order valence-electron chi connectivity index (χ4n) is 1.06. The first-order valence-electron chi connectivity index (χ1n) is 4.01. The number of hydrogen-bond donors (Lipinski definition) is 2. The summed E-state index contributed by atoms with van der Waals surface area (Å²) in [6.07, 6.45) is 0. The third-order valence-electron chi connectivity index (χ3n) is 1.65. The maximum Gasteiger partial charge on any atom is 0.171 e. The lowest BCUT2D eigenvalue weighted by molar-refractivity contribution is 1.18. The van der Waals surface area contributed by atoms with Gasteiger partial charge in [-0.15, -0.1) is 0 Å². The number of nitrogens with two attached hydrogens (primary N) is 2. The van der Waals surface area contributed by atoms with Gasteiger partial charge in [-0.2, -0.15) is 0 Å². The van der Waals surface area contributed by atoms with Gasteiger partial charge in [0.15, 0.2) is 5.11 Å². The molecule has 0 aliphatic heterocycles. The molecule has 3 nitrogen and oxygen atoms in total. The maximum absolute atomic E-state index is 5.56. The largest absolute Gasteiger partial charge is 0.392 e. The van der Waals surface area contributed by atoms with Crippen molar-refractivity contribution in [3.05, 3.63) is 30.3 Å². The minimum atomic E-state index is 0.268. The van der Waals surface area contributed by atoms with Crippen molar-refractivity contribution < 1.29 is 0 Å². The molecule has 0 amide bonds. The van der Waals surface area contributed by atoms with Crippen LogP contribution in [-0.4, -0.2) is 16.6 Å². The highest BCUT2D eigenvalue weighted by molar-refractivity contribution is 7.81. The van der Waals surface area contributed by atoms with Crippen LogP contribution in [0.25, 0.3) is 0 Å². The summed E-state index contributed by atoms with van der Waals surface area (Å²) >= 11 is 9.72. The Morgan fingerprint density at radius 1 is 1.14 bits per heavy atom. The van der Waals surface area contributed by atoms with Crippen molar-refractivity contribution in [2.45, 2.75) is 0 Å². The van der Waals surface area contributed by atoms with Crippen molar-refractivity contribution in [1.29, 1.82) is 0 Å². The van der Waals surface area contributed by atoms with Crippen LogP contribution in [0.3, 0.4) is 0 Å². The first kappa shape index (κ1) is 10.9. The van der Waals surface area contributed by atoms with E-state index < -0.39 is 0 Å². The van der Waals surface area contributed by atoms with Crippen molar-refractivity contribution in [2.75, 3.05) is 11.4 Å². The maximum atomic E-state index is 5.56. The molecule has 0 fully saturated rings. The predicted molar refractivity (Wildman–Crippen MR) is 67.4 cm³/mol. The Hall–Kier alpha value is -1.20. The van der Waals surface area contributed by atoms with Crippen molar-refractivity contribution in [3.63, 3.8) is 0 Å². The van der Waals surface area contributed by atoms with E-state index in [9.17, 15) is 0 Å². The van der Waals surface area contributed by atoms with Crippen molar-refractivity contribution in [1.82, 2.24) is 0 Å². The molecular weight excluding hydrogens is 214 g/mol. The van der Waals surface area contributed by atoms with E-state index in [0.717, 1.165) is 5.69 Å². The average Bonchev–Trinajstić information content (AvgIpc) is 2.15. The van der Waals surface area contributed by atoms with E-state index in [1.54, 1.807) is 4.90 Å². The summed E-state index contributed by atoms with van der Waals surface area (Å²) in [5, 5.41) is 0.268. The molecule has 1 rings (SSSR count). The Morgan fingerprint density at radius 3 is 2.14 bits per heavy atom. The summed E-state index contributed by atoms with van der Waals surface area (Å²) in [5.41, 5.74) is 11.9. The molecule has 1 aromatic carbocycles. The highest BCUT2D eigenvalue weighted by Gasteiger charge is 2.09. The molecule has 0 saturated carbocycles.